The van der Waals surface area contributed by atoms with Gasteiger partial charge in [-0.3, -0.25) is 9.69 Å². The maximum Gasteiger partial charge on any atom is 0.188 e. The lowest BCUT2D eigenvalue weighted by molar-refractivity contribution is -0.114. The highest BCUT2D eigenvalue weighted by Crippen LogP contribution is 2.40. The van der Waals surface area contributed by atoms with Crippen LogP contribution < -0.4 is 9.80 Å². The first kappa shape index (κ1) is 20.4. The van der Waals surface area contributed by atoms with Crippen LogP contribution in [0.2, 0.25) is 0 Å². The lowest BCUT2D eigenvalue weighted by Gasteiger charge is -2.34. The van der Waals surface area contributed by atoms with Crippen LogP contribution >= 0.6 is 0 Å². The largest absolute Gasteiger partial charge is 0.378 e. The molecule has 0 radical (unpaired) electrons. The predicted octanol–water partition coefficient (Wildman–Crippen LogP) is 4.33. The standard InChI is InChI=1S/C26H31N3O/c1-27(2)20-10-6-18(7-11-20)16-22-24-14-15-25(29(24)5)23(26(22)30)17-19-8-12-21(13-9-19)28(3)4/h6-13,16-17,24-25H,14-15H2,1-5H3/b22-16-,23-17+/t24-,25-/m1/s1. The Morgan fingerprint density at radius 3 is 1.43 bits per heavy atom. The summed E-state index contributed by atoms with van der Waals surface area (Å²) in [5.41, 5.74) is 6.31. The molecule has 0 spiro atoms. The zero-order valence-electron chi connectivity index (χ0n) is 18.6. The Kier molecular flexibility index (Phi) is 5.52. The number of rotatable bonds is 4. The third-order valence-electron chi connectivity index (χ3n) is 6.40. The van der Waals surface area contributed by atoms with Gasteiger partial charge in [-0.15, -0.1) is 0 Å². The van der Waals surface area contributed by atoms with Gasteiger partial charge >= 0.3 is 0 Å². The number of carbonyl (C=O) groups excluding carboxylic acids is 1. The van der Waals surface area contributed by atoms with E-state index in [-0.39, 0.29) is 17.9 Å². The monoisotopic (exact) mass is 401 g/mol. The summed E-state index contributed by atoms with van der Waals surface area (Å²) >= 11 is 0. The number of anilines is 2. The van der Waals surface area contributed by atoms with Gasteiger partial charge < -0.3 is 9.80 Å². The number of ketones is 1. The van der Waals surface area contributed by atoms with Crippen molar-refractivity contribution in [1.82, 2.24) is 4.90 Å². The van der Waals surface area contributed by atoms with Crippen LogP contribution in [0.25, 0.3) is 12.2 Å². The zero-order valence-corrected chi connectivity index (χ0v) is 18.6. The highest BCUT2D eigenvalue weighted by Gasteiger charge is 2.44. The number of hydrogen-bond acceptors (Lipinski definition) is 4. The number of Topliss-reactive ketones (excluding diaryl/α,β-unsaturated/α-hetero) is 1. The Balaban J connectivity index is 1.68. The molecule has 30 heavy (non-hydrogen) atoms. The molecule has 2 atom stereocenters. The van der Waals surface area contributed by atoms with E-state index in [1.54, 1.807) is 0 Å². The van der Waals surface area contributed by atoms with Gasteiger partial charge in [-0.25, -0.2) is 0 Å². The lowest BCUT2D eigenvalue weighted by atomic mass is 9.88. The van der Waals surface area contributed by atoms with Gasteiger partial charge in [0.05, 0.1) is 0 Å². The van der Waals surface area contributed by atoms with Crippen LogP contribution in [-0.2, 0) is 4.79 Å². The third kappa shape index (κ3) is 3.80. The summed E-state index contributed by atoms with van der Waals surface area (Å²) < 4.78 is 0. The van der Waals surface area contributed by atoms with Crippen molar-refractivity contribution in [2.45, 2.75) is 24.9 Å². The Hall–Kier alpha value is -2.85. The van der Waals surface area contributed by atoms with Crippen molar-refractivity contribution in [2.75, 3.05) is 45.0 Å². The number of fused-ring (bicyclic) bond motifs is 2. The second kappa shape index (κ2) is 8.11. The van der Waals surface area contributed by atoms with Crippen molar-refractivity contribution < 1.29 is 4.79 Å². The normalized spacial score (nSPS) is 24.0. The molecule has 0 saturated carbocycles. The number of piperidine rings is 1. The zero-order chi connectivity index (χ0) is 21.4. The summed E-state index contributed by atoms with van der Waals surface area (Å²) in [6.45, 7) is 0. The van der Waals surface area contributed by atoms with E-state index < -0.39 is 0 Å². The highest BCUT2D eigenvalue weighted by atomic mass is 16.1. The molecule has 2 saturated heterocycles. The third-order valence-corrected chi connectivity index (χ3v) is 6.40. The molecule has 0 amide bonds. The molecule has 2 fully saturated rings. The molecular weight excluding hydrogens is 370 g/mol. The van der Waals surface area contributed by atoms with Gasteiger partial charge in [-0.05, 0) is 67.4 Å². The maximum absolute atomic E-state index is 13.5. The van der Waals surface area contributed by atoms with Crippen LogP contribution in [0.1, 0.15) is 24.0 Å². The van der Waals surface area contributed by atoms with Crippen molar-refractivity contribution in [3.8, 4) is 0 Å². The molecule has 156 valence electrons. The summed E-state index contributed by atoms with van der Waals surface area (Å²) in [6, 6.07) is 17.2. The molecule has 0 unspecified atom stereocenters. The van der Waals surface area contributed by atoms with Crippen molar-refractivity contribution >= 4 is 29.3 Å². The van der Waals surface area contributed by atoms with Crippen LogP contribution in [0, 0.1) is 0 Å². The maximum atomic E-state index is 13.5. The van der Waals surface area contributed by atoms with Crippen LogP contribution in [0.15, 0.2) is 59.7 Å². The fourth-order valence-corrected chi connectivity index (χ4v) is 4.58. The molecule has 2 heterocycles. The molecule has 2 aliphatic heterocycles. The van der Waals surface area contributed by atoms with Gasteiger partial charge in [0.2, 0.25) is 0 Å². The minimum atomic E-state index is 0.203. The van der Waals surface area contributed by atoms with Gasteiger partial charge in [-0.1, -0.05) is 24.3 Å². The van der Waals surface area contributed by atoms with Crippen molar-refractivity contribution in [2.24, 2.45) is 0 Å². The molecule has 2 aliphatic rings. The van der Waals surface area contributed by atoms with E-state index in [1.165, 1.54) is 0 Å². The molecule has 0 aliphatic carbocycles. The number of nitrogens with zero attached hydrogens (tertiary/aromatic N) is 3. The van der Waals surface area contributed by atoms with Crippen molar-refractivity contribution in [1.29, 1.82) is 0 Å². The van der Waals surface area contributed by atoms with Gasteiger partial charge in [0, 0.05) is 62.8 Å². The second-order valence-electron chi connectivity index (χ2n) is 8.77. The van der Waals surface area contributed by atoms with Crippen LogP contribution in [-0.4, -0.2) is 58.0 Å². The first-order chi connectivity index (χ1) is 14.3. The number of hydrogen-bond donors (Lipinski definition) is 0. The molecule has 2 aromatic rings. The Morgan fingerprint density at radius 2 is 1.10 bits per heavy atom. The topological polar surface area (TPSA) is 26.8 Å². The summed E-state index contributed by atoms with van der Waals surface area (Å²) in [7, 11) is 10.3. The summed E-state index contributed by atoms with van der Waals surface area (Å²) in [6.07, 6.45) is 6.25. The minimum Gasteiger partial charge on any atom is -0.378 e. The van der Waals surface area contributed by atoms with E-state index in [2.05, 4.69) is 82.4 Å². The summed E-state index contributed by atoms with van der Waals surface area (Å²) in [5.74, 6) is 0.203. The quantitative estimate of drug-likeness (QED) is 0.713. The van der Waals surface area contributed by atoms with Gasteiger partial charge in [0.15, 0.2) is 5.78 Å². The molecule has 2 bridgehead atoms. The highest BCUT2D eigenvalue weighted by molar-refractivity contribution is 6.16. The number of carbonyl (C=O) groups is 1. The average Bonchev–Trinajstić information content (AvgIpc) is 3.04. The van der Waals surface area contributed by atoms with E-state index in [0.29, 0.717) is 0 Å². The minimum absolute atomic E-state index is 0.203. The van der Waals surface area contributed by atoms with Crippen LogP contribution in [0.4, 0.5) is 11.4 Å². The molecule has 2 aromatic carbocycles. The second-order valence-corrected chi connectivity index (χ2v) is 8.77. The Bertz CT molecular complexity index is 904. The number of benzene rings is 2. The van der Waals surface area contributed by atoms with Gasteiger partial charge in [0.1, 0.15) is 0 Å². The van der Waals surface area contributed by atoms with Crippen LogP contribution in [0.5, 0.6) is 0 Å². The van der Waals surface area contributed by atoms with Crippen molar-refractivity contribution in [3.63, 3.8) is 0 Å². The number of likely N-dealkylation sites (N-methyl/N-ethyl adjacent to an activating group) is 1. The molecule has 4 rings (SSSR count). The molecule has 4 heteroatoms. The first-order valence-electron chi connectivity index (χ1n) is 10.6. The van der Waals surface area contributed by atoms with E-state index in [1.807, 2.05) is 28.2 Å². The summed E-state index contributed by atoms with van der Waals surface area (Å²) in [5, 5.41) is 0. The van der Waals surface area contributed by atoms with Crippen LogP contribution in [0.3, 0.4) is 0 Å². The predicted molar refractivity (Wildman–Crippen MR) is 127 cm³/mol. The van der Waals surface area contributed by atoms with E-state index in [0.717, 1.165) is 46.5 Å². The molecular formula is C26H31N3O. The van der Waals surface area contributed by atoms with Crippen molar-refractivity contribution in [3.05, 3.63) is 70.8 Å². The van der Waals surface area contributed by atoms with E-state index >= 15 is 0 Å². The van der Waals surface area contributed by atoms with E-state index in [9.17, 15) is 4.79 Å². The fraction of sp³-hybridized carbons (Fsp3) is 0.346. The lowest BCUT2D eigenvalue weighted by Crippen LogP contribution is -2.43. The van der Waals surface area contributed by atoms with Gasteiger partial charge in [0.25, 0.3) is 0 Å². The molecule has 0 aromatic heterocycles. The van der Waals surface area contributed by atoms with E-state index in [4.69, 9.17) is 0 Å². The van der Waals surface area contributed by atoms with Gasteiger partial charge in [-0.2, -0.15) is 0 Å². The Morgan fingerprint density at radius 1 is 0.733 bits per heavy atom. The fourth-order valence-electron chi connectivity index (χ4n) is 4.58. The smallest absolute Gasteiger partial charge is 0.188 e. The molecule has 0 N–H and O–H groups in total. The SMILES string of the molecule is CN(C)c1ccc(/C=C2\C(=O)/C(=C/c3ccc(N(C)C)cc3)[C@H]3CC[C@H]2N3C)cc1. The summed E-state index contributed by atoms with van der Waals surface area (Å²) in [4.78, 5) is 20.1. The molecule has 4 nitrogen and oxygen atoms in total. The first-order valence-corrected chi connectivity index (χ1v) is 10.6. The Labute approximate surface area is 180 Å². The average molecular weight is 402 g/mol.